The molecule has 1 atom stereocenters. The van der Waals surface area contributed by atoms with E-state index in [9.17, 15) is 26.4 Å². The maximum atomic E-state index is 13.5. The van der Waals surface area contributed by atoms with Gasteiger partial charge in [0.15, 0.2) is 0 Å². The van der Waals surface area contributed by atoms with Gasteiger partial charge in [0, 0.05) is 0 Å². The zero-order valence-corrected chi connectivity index (χ0v) is 12.5. The van der Waals surface area contributed by atoms with Gasteiger partial charge in [0.05, 0.1) is 19.1 Å². The Hall–Kier alpha value is -1.65. The molecule has 4 N–H and O–H groups in total. The third-order valence-electron chi connectivity index (χ3n) is 2.67. The zero-order valence-electron chi connectivity index (χ0n) is 11.6. The van der Waals surface area contributed by atoms with Gasteiger partial charge in [-0.1, -0.05) is 12.1 Å². The van der Waals surface area contributed by atoms with E-state index in [1.807, 2.05) is 10.0 Å². The summed E-state index contributed by atoms with van der Waals surface area (Å²) in [4.78, 5) is 11.0. The molecule has 0 fully saturated rings. The van der Waals surface area contributed by atoms with Gasteiger partial charge in [0.1, 0.15) is 10.7 Å². The van der Waals surface area contributed by atoms with Gasteiger partial charge in [-0.15, -0.1) is 0 Å². The van der Waals surface area contributed by atoms with Crippen LogP contribution in [0.4, 0.5) is 13.2 Å². The molecule has 0 bridgehead atoms. The average Bonchev–Trinajstić information content (AvgIpc) is 2.44. The molecule has 0 aliphatic rings. The van der Waals surface area contributed by atoms with Crippen LogP contribution in [0.2, 0.25) is 0 Å². The Morgan fingerprint density at radius 3 is 2.50 bits per heavy atom. The molecule has 0 aliphatic heterocycles. The predicted octanol–water partition coefficient (Wildman–Crippen LogP) is 0.203. The first-order valence-electron chi connectivity index (χ1n) is 6.21. The summed E-state index contributed by atoms with van der Waals surface area (Å²) in [6.45, 7) is -0.828. The molecule has 124 valence electrons. The van der Waals surface area contributed by atoms with Gasteiger partial charge in [-0.3, -0.25) is 4.79 Å². The summed E-state index contributed by atoms with van der Waals surface area (Å²) in [6.07, 6.45) is 0. The summed E-state index contributed by atoms with van der Waals surface area (Å²) in [6, 6.07) is 3.22. The second-order valence-corrected chi connectivity index (χ2v) is 6.23. The van der Waals surface area contributed by atoms with Crippen molar-refractivity contribution in [3.8, 4) is 0 Å². The van der Waals surface area contributed by atoms with Crippen LogP contribution in [0, 0.1) is 5.82 Å². The summed E-state index contributed by atoms with van der Waals surface area (Å²) in [5, 5.41) is 1.87. The second kappa shape index (κ2) is 7.07. The Labute approximate surface area is 125 Å². The van der Waals surface area contributed by atoms with E-state index in [4.69, 9.17) is 5.73 Å². The SMILES string of the molecule is CC(NS(=O)(=O)c1ccccc1F)C(=O)NCC(F)(F)CN. The van der Waals surface area contributed by atoms with Crippen molar-refractivity contribution in [2.24, 2.45) is 5.73 Å². The normalized spacial score (nSPS) is 13.7. The Morgan fingerprint density at radius 2 is 1.95 bits per heavy atom. The fourth-order valence-corrected chi connectivity index (χ4v) is 2.74. The first kappa shape index (κ1) is 18.4. The molecule has 0 spiro atoms. The van der Waals surface area contributed by atoms with Crippen LogP contribution < -0.4 is 15.8 Å². The van der Waals surface area contributed by atoms with E-state index >= 15 is 0 Å². The molecule has 0 aromatic heterocycles. The van der Waals surface area contributed by atoms with Crippen LogP contribution in [-0.2, 0) is 14.8 Å². The number of carbonyl (C=O) groups excluding carboxylic acids is 1. The van der Waals surface area contributed by atoms with Crippen LogP contribution in [0.5, 0.6) is 0 Å². The number of hydrogen-bond acceptors (Lipinski definition) is 4. The topological polar surface area (TPSA) is 101 Å². The number of hydrogen-bond donors (Lipinski definition) is 3. The lowest BCUT2D eigenvalue weighted by atomic mass is 10.3. The van der Waals surface area contributed by atoms with E-state index in [0.717, 1.165) is 19.1 Å². The summed E-state index contributed by atoms with van der Waals surface area (Å²) in [5.74, 6) is -5.26. The lowest BCUT2D eigenvalue weighted by Crippen LogP contribution is -2.49. The maximum absolute atomic E-state index is 13.5. The number of nitrogens with one attached hydrogen (secondary N) is 2. The number of benzene rings is 1. The van der Waals surface area contributed by atoms with Gasteiger partial charge in [0.2, 0.25) is 15.9 Å². The molecule has 1 rings (SSSR count). The molecule has 1 amide bonds. The van der Waals surface area contributed by atoms with Crippen molar-refractivity contribution in [2.75, 3.05) is 13.1 Å². The third kappa shape index (κ3) is 4.97. The molecule has 0 radical (unpaired) electrons. The summed E-state index contributed by atoms with van der Waals surface area (Å²) in [7, 11) is -4.29. The van der Waals surface area contributed by atoms with E-state index in [1.54, 1.807) is 0 Å². The Balaban J connectivity index is 2.73. The Morgan fingerprint density at radius 1 is 1.36 bits per heavy atom. The number of amides is 1. The van der Waals surface area contributed by atoms with Crippen molar-refractivity contribution in [3.05, 3.63) is 30.1 Å². The van der Waals surface area contributed by atoms with E-state index in [1.165, 1.54) is 12.1 Å². The van der Waals surface area contributed by atoms with Gasteiger partial charge in [-0.25, -0.2) is 21.6 Å². The first-order chi connectivity index (χ1) is 10.1. The Kier molecular flexibility index (Phi) is 5.92. The molecule has 0 saturated heterocycles. The van der Waals surface area contributed by atoms with Crippen LogP contribution in [0.15, 0.2) is 29.2 Å². The number of halogens is 3. The second-order valence-electron chi connectivity index (χ2n) is 4.55. The zero-order chi connectivity index (χ0) is 17.0. The standard InChI is InChI=1S/C12H16F3N3O3S/c1-8(11(19)17-7-12(14,15)6-16)18-22(20,21)10-5-3-2-4-9(10)13/h2-5,8,18H,6-7,16H2,1H3,(H,17,19). The van der Waals surface area contributed by atoms with Crippen molar-refractivity contribution >= 4 is 15.9 Å². The number of rotatable bonds is 7. The summed E-state index contributed by atoms with van der Waals surface area (Å²) < 4.78 is 65.0. The molecule has 1 aromatic rings. The minimum Gasteiger partial charge on any atom is -0.349 e. The number of carbonyl (C=O) groups is 1. The highest BCUT2D eigenvalue weighted by Crippen LogP contribution is 2.14. The minimum atomic E-state index is -4.29. The van der Waals surface area contributed by atoms with E-state index < -0.39 is 51.7 Å². The molecule has 0 heterocycles. The fraction of sp³-hybridized carbons (Fsp3) is 0.417. The van der Waals surface area contributed by atoms with Crippen LogP contribution in [0.3, 0.4) is 0 Å². The van der Waals surface area contributed by atoms with E-state index in [0.29, 0.717) is 0 Å². The maximum Gasteiger partial charge on any atom is 0.277 e. The van der Waals surface area contributed by atoms with Gasteiger partial charge >= 0.3 is 0 Å². The number of sulfonamides is 1. The highest BCUT2D eigenvalue weighted by atomic mass is 32.2. The summed E-state index contributed by atoms with van der Waals surface area (Å²) in [5.41, 5.74) is 4.81. The molecule has 10 heteroatoms. The van der Waals surface area contributed by atoms with Crippen molar-refractivity contribution in [1.29, 1.82) is 0 Å². The van der Waals surface area contributed by atoms with Crippen molar-refractivity contribution in [1.82, 2.24) is 10.0 Å². The van der Waals surface area contributed by atoms with Gasteiger partial charge in [-0.05, 0) is 19.1 Å². The lowest BCUT2D eigenvalue weighted by Gasteiger charge is -2.18. The molecule has 22 heavy (non-hydrogen) atoms. The smallest absolute Gasteiger partial charge is 0.277 e. The van der Waals surface area contributed by atoms with Gasteiger partial charge in [0.25, 0.3) is 5.92 Å². The van der Waals surface area contributed by atoms with Crippen LogP contribution in [0.25, 0.3) is 0 Å². The lowest BCUT2D eigenvalue weighted by molar-refractivity contribution is -0.124. The molecule has 1 unspecified atom stereocenters. The molecule has 1 aromatic carbocycles. The monoisotopic (exact) mass is 339 g/mol. The highest BCUT2D eigenvalue weighted by Gasteiger charge is 2.29. The largest absolute Gasteiger partial charge is 0.349 e. The Bertz CT molecular complexity index is 638. The minimum absolute atomic E-state index is 0.637. The first-order valence-corrected chi connectivity index (χ1v) is 7.70. The van der Waals surface area contributed by atoms with E-state index in [2.05, 4.69) is 0 Å². The quantitative estimate of drug-likeness (QED) is 0.661. The van der Waals surface area contributed by atoms with Crippen molar-refractivity contribution in [3.63, 3.8) is 0 Å². The third-order valence-corrected chi connectivity index (χ3v) is 4.25. The molecule has 0 saturated carbocycles. The van der Waals surface area contributed by atoms with Crippen LogP contribution in [0.1, 0.15) is 6.92 Å². The highest BCUT2D eigenvalue weighted by molar-refractivity contribution is 7.89. The average molecular weight is 339 g/mol. The van der Waals surface area contributed by atoms with Crippen molar-refractivity contribution < 1.29 is 26.4 Å². The van der Waals surface area contributed by atoms with Crippen LogP contribution in [-0.4, -0.2) is 39.4 Å². The van der Waals surface area contributed by atoms with Crippen molar-refractivity contribution in [2.45, 2.75) is 23.8 Å². The van der Waals surface area contributed by atoms with Gasteiger partial charge < -0.3 is 11.1 Å². The molecule has 6 nitrogen and oxygen atoms in total. The number of alkyl halides is 2. The molecular weight excluding hydrogens is 323 g/mol. The predicted molar refractivity (Wildman–Crippen MR) is 73.2 cm³/mol. The fourth-order valence-electron chi connectivity index (χ4n) is 1.45. The molecule has 0 aliphatic carbocycles. The van der Waals surface area contributed by atoms with Crippen LogP contribution >= 0.6 is 0 Å². The molecular formula is C12H16F3N3O3S. The summed E-state index contributed by atoms with van der Waals surface area (Å²) >= 11 is 0. The van der Waals surface area contributed by atoms with Gasteiger partial charge in [-0.2, -0.15) is 4.72 Å². The van der Waals surface area contributed by atoms with E-state index in [-0.39, 0.29) is 0 Å². The number of nitrogens with two attached hydrogens (primary N) is 1.